The lowest BCUT2D eigenvalue weighted by Gasteiger charge is -2.38. The predicted molar refractivity (Wildman–Crippen MR) is 83.7 cm³/mol. The number of hydrogen-bond donors (Lipinski definition) is 0. The fourth-order valence-electron chi connectivity index (χ4n) is 4.61. The molecule has 4 nitrogen and oxygen atoms in total. The fourth-order valence-corrected chi connectivity index (χ4v) is 4.61. The van der Waals surface area contributed by atoms with Gasteiger partial charge in [0.1, 0.15) is 11.6 Å². The molecule has 0 spiro atoms. The summed E-state index contributed by atoms with van der Waals surface area (Å²) in [5.41, 5.74) is 0. The van der Waals surface area contributed by atoms with Crippen molar-refractivity contribution in [1.82, 2.24) is 19.7 Å². The van der Waals surface area contributed by atoms with Crippen LogP contribution in [0, 0.1) is 5.92 Å². The third kappa shape index (κ3) is 3.02. The van der Waals surface area contributed by atoms with Crippen LogP contribution in [0.15, 0.2) is 0 Å². The third-order valence-corrected chi connectivity index (χ3v) is 5.90. The Hall–Kier alpha value is -1.04. The van der Waals surface area contributed by atoms with Gasteiger partial charge in [0.05, 0.1) is 0 Å². The number of nitrogens with zero attached hydrogens (tertiary/aromatic N) is 4. The van der Waals surface area contributed by atoms with Gasteiger partial charge in [-0.25, -0.2) is 8.78 Å². The lowest BCUT2D eigenvalue weighted by Crippen LogP contribution is -2.44. The molecule has 3 heterocycles. The van der Waals surface area contributed by atoms with E-state index in [0.29, 0.717) is 25.3 Å². The molecule has 6 heteroatoms. The largest absolute Gasteiger partial charge is 0.315 e. The summed E-state index contributed by atoms with van der Waals surface area (Å²) in [5.74, 6) is -0.366. The molecule has 0 bridgehead atoms. The smallest absolute Gasteiger partial charge is 0.252 e. The number of rotatable bonds is 3. The van der Waals surface area contributed by atoms with E-state index < -0.39 is 11.8 Å². The maximum absolute atomic E-state index is 14.1. The van der Waals surface area contributed by atoms with Crippen molar-refractivity contribution >= 4 is 0 Å². The minimum atomic E-state index is -2.47. The normalized spacial score (nSPS) is 31.2. The second-order valence-corrected chi connectivity index (χ2v) is 7.53. The van der Waals surface area contributed by atoms with Crippen LogP contribution in [0.1, 0.15) is 62.5 Å². The highest BCUT2D eigenvalue weighted by molar-refractivity contribution is 5.07. The number of fused-ring (bicyclic) bond motifs is 1. The van der Waals surface area contributed by atoms with Crippen molar-refractivity contribution in [3.8, 4) is 0 Å². The van der Waals surface area contributed by atoms with Gasteiger partial charge < -0.3 is 9.47 Å². The highest BCUT2D eigenvalue weighted by Crippen LogP contribution is 2.39. The molecule has 1 aromatic rings. The molecule has 3 aliphatic rings. The van der Waals surface area contributed by atoms with E-state index in [2.05, 4.69) is 19.7 Å². The molecule has 0 amide bonds. The fraction of sp³-hybridized carbons (Fsp3) is 0.882. The number of aromatic nitrogens is 3. The first-order valence-corrected chi connectivity index (χ1v) is 9.15. The van der Waals surface area contributed by atoms with Gasteiger partial charge in [-0.15, -0.1) is 10.2 Å². The van der Waals surface area contributed by atoms with Crippen molar-refractivity contribution in [1.29, 1.82) is 0 Å². The summed E-state index contributed by atoms with van der Waals surface area (Å²) >= 11 is 0. The zero-order chi connectivity index (χ0) is 15.9. The van der Waals surface area contributed by atoms with Gasteiger partial charge >= 0.3 is 0 Å². The molecule has 4 rings (SSSR count). The van der Waals surface area contributed by atoms with Crippen LogP contribution in [0.2, 0.25) is 0 Å². The Morgan fingerprint density at radius 3 is 2.83 bits per heavy atom. The van der Waals surface area contributed by atoms with Gasteiger partial charge in [0.2, 0.25) is 0 Å². The average Bonchev–Trinajstić information content (AvgIpc) is 3.12. The minimum Gasteiger partial charge on any atom is -0.315 e. The molecular formula is C17H26F2N4. The minimum absolute atomic E-state index is 0.0760. The molecular weight excluding hydrogens is 298 g/mol. The number of likely N-dealkylation sites (tertiary alicyclic amines) is 1. The first-order chi connectivity index (χ1) is 11.1. The first kappa shape index (κ1) is 15.5. The second-order valence-electron chi connectivity index (χ2n) is 7.53. The Labute approximate surface area is 136 Å². The van der Waals surface area contributed by atoms with Crippen LogP contribution in [0.5, 0.6) is 0 Å². The van der Waals surface area contributed by atoms with Gasteiger partial charge in [0, 0.05) is 44.3 Å². The van der Waals surface area contributed by atoms with Crippen molar-refractivity contribution < 1.29 is 8.78 Å². The summed E-state index contributed by atoms with van der Waals surface area (Å²) in [5, 5.41) is 8.72. The average molecular weight is 324 g/mol. The number of alkyl halides is 2. The molecule has 2 atom stereocenters. The molecule has 0 unspecified atom stereocenters. The van der Waals surface area contributed by atoms with Crippen LogP contribution in [0.3, 0.4) is 0 Å². The number of piperidine rings is 1. The monoisotopic (exact) mass is 324 g/mol. The van der Waals surface area contributed by atoms with Crippen molar-refractivity contribution in [3.63, 3.8) is 0 Å². The molecule has 0 N–H and O–H groups in total. The molecule has 1 aliphatic carbocycles. The van der Waals surface area contributed by atoms with Crippen LogP contribution in [-0.4, -0.2) is 45.2 Å². The van der Waals surface area contributed by atoms with E-state index in [1.807, 2.05) is 0 Å². The molecule has 0 radical (unpaired) electrons. The lowest BCUT2D eigenvalue weighted by molar-refractivity contribution is -0.0961. The van der Waals surface area contributed by atoms with Crippen LogP contribution in [0.4, 0.5) is 8.78 Å². The van der Waals surface area contributed by atoms with Crippen LogP contribution in [-0.2, 0) is 13.0 Å². The van der Waals surface area contributed by atoms with Crippen LogP contribution >= 0.6 is 0 Å². The Morgan fingerprint density at radius 2 is 1.96 bits per heavy atom. The molecule has 23 heavy (non-hydrogen) atoms. The van der Waals surface area contributed by atoms with Gasteiger partial charge in [-0.05, 0) is 38.6 Å². The zero-order valence-corrected chi connectivity index (χ0v) is 13.7. The van der Waals surface area contributed by atoms with Crippen LogP contribution in [0.25, 0.3) is 0 Å². The summed E-state index contributed by atoms with van der Waals surface area (Å²) in [6, 6.07) is 0. The van der Waals surface area contributed by atoms with E-state index in [-0.39, 0.29) is 6.42 Å². The standard InChI is InChI=1S/C17H26F2N4/c18-17(19)8-2-1-6-14(17)12-22-9-3-5-13(11-22)16-21-20-15-7-4-10-23(15)16/h13-14H,1-12H2/t13-,14+/m1/s1. The Balaban J connectivity index is 1.43. The highest BCUT2D eigenvalue weighted by Gasteiger charge is 2.42. The lowest BCUT2D eigenvalue weighted by atomic mass is 9.84. The van der Waals surface area contributed by atoms with Crippen molar-refractivity contribution in [3.05, 3.63) is 11.6 Å². The number of aryl methyl sites for hydroxylation is 1. The number of hydrogen-bond acceptors (Lipinski definition) is 3. The summed E-state index contributed by atoms with van der Waals surface area (Å²) < 4.78 is 30.5. The Kier molecular flexibility index (Phi) is 4.12. The van der Waals surface area contributed by atoms with E-state index in [4.69, 9.17) is 0 Å². The van der Waals surface area contributed by atoms with Crippen molar-refractivity contribution in [2.45, 2.75) is 69.8 Å². The zero-order valence-electron chi connectivity index (χ0n) is 13.7. The van der Waals surface area contributed by atoms with Gasteiger partial charge in [-0.3, -0.25) is 0 Å². The van der Waals surface area contributed by atoms with Crippen LogP contribution < -0.4 is 0 Å². The molecule has 2 fully saturated rings. The van der Waals surface area contributed by atoms with Gasteiger partial charge in [-0.1, -0.05) is 6.42 Å². The summed E-state index contributed by atoms with van der Waals surface area (Å²) in [6.07, 6.45) is 6.75. The van der Waals surface area contributed by atoms with Crippen molar-refractivity contribution in [2.24, 2.45) is 5.92 Å². The molecule has 1 saturated carbocycles. The SMILES string of the molecule is FC1(F)CCCC[C@H]1CN1CCC[C@@H](c2nnc3n2CCC3)C1. The summed E-state index contributed by atoms with van der Waals surface area (Å²) in [4.78, 5) is 2.26. The molecule has 0 aromatic carbocycles. The maximum Gasteiger partial charge on any atom is 0.252 e. The van der Waals surface area contributed by atoms with E-state index in [9.17, 15) is 8.78 Å². The van der Waals surface area contributed by atoms with Crippen molar-refractivity contribution in [2.75, 3.05) is 19.6 Å². The summed E-state index contributed by atoms with van der Waals surface area (Å²) in [7, 11) is 0. The maximum atomic E-state index is 14.1. The van der Waals surface area contributed by atoms with E-state index in [1.165, 1.54) is 0 Å². The summed E-state index contributed by atoms with van der Waals surface area (Å²) in [6.45, 7) is 3.38. The Morgan fingerprint density at radius 1 is 1.04 bits per heavy atom. The highest BCUT2D eigenvalue weighted by atomic mass is 19.3. The molecule has 128 valence electrons. The Bertz CT molecular complexity index is 557. The van der Waals surface area contributed by atoms with E-state index >= 15 is 0 Å². The van der Waals surface area contributed by atoms with Gasteiger partial charge in [-0.2, -0.15) is 0 Å². The van der Waals surface area contributed by atoms with E-state index in [0.717, 1.165) is 63.4 Å². The quantitative estimate of drug-likeness (QED) is 0.856. The third-order valence-electron chi connectivity index (χ3n) is 5.90. The van der Waals surface area contributed by atoms with Gasteiger partial charge in [0.15, 0.2) is 0 Å². The van der Waals surface area contributed by atoms with E-state index in [1.54, 1.807) is 0 Å². The molecule has 2 aliphatic heterocycles. The van der Waals surface area contributed by atoms with Gasteiger partial charge in [0.25, 0.3) is 5.92 Å². The topological polar surface area (TPSA) is 34.0 Å². The predicted octanol–water partition coefficient (Wildman–Crippen LogP) is 3.23. The number of halogens is 2. The molecule has 1 aromatic heterocycles. The first-order valence-electron chi connectivity index (χ1n) is 9.15. The molecule has 1 saturated heterocycles. The second kappa shape index (κ2) is 6.11.